The summed E-state index contributed by atoms with van der Waals surface area (Å²) in [7, 11) is 0. The maximum atomic E-state index is 2.62. The molecular formula is C40H79N2+. The molecule has 0 aliphatic heterocycles. The number of hydrogen-bond acceptors (Lipinski definition) is 0. The fraction of sp³-hybridized carbons (Fsp3) is 0.925. The van der Waals surface area contributed by atoms with Crippen LogP contribution in [0.5, 0.6) is 0 Å². The van der Waals surface area contributed by atoms with Crippen molar-refractivity contribution in [2.75, 3.05) is 0 Å². The zero-order chi connectivity index (χ0) is 30.2. The molecule has 0 aliphatic rings. The summed E-state index contributed by atoms with van der Waals surface area (Å²) in [4.78, 5) is 0. The smallest absolute Gasteiger partial charge is 0.234 e. The first-order valence-corrected chi connectivity index (χ1v) is 19.9. The average Bonchev–Trinajstić information content (AvgIpc) is 3.38. The van der Waals surface area contributed by atoms with Crippen LogP contribution in [-0.2, 0) is 19.5 Å². The summed E-state index contributed by atoms with van der Waals surface area (Å²) in [5.74, 6) is 1.62. The van der Waals surface area contributed by atoms with Gasteiger partial charge >= 0.3 is 0 Å². The van der Waals surface area contributed by atoms with E-state index in [1.807, 2.05) is 0 Å². The van der Waals surface area contributed by atoms with Crippen LogP contribution in [0.1, 0.15) is 226 Å². The van der Waals surface area contributed by atoms with E-state index in [0.29, 0.717) is 0 Å². The Hall–Kier alpha value is -0.790. The molecule has 0 saturated carbocycles. The first kappa shape index (κ1) is 39.2. The Morgan fingerprint density at radius 2 is 0.738 bits per heavy atom. The van der Waals surface area contributed by atoms with Crippen LogP contribution in [0.3, 0.4) is 0 Å². The van der Waals surface area contributed by atoms with Crippen molar-refractivity contribution in [3.63, 3.8) is 0 Å². The molecule has 0 spiro atoms. The van der Waals surface area contributed by atoms with Gasteiger partial charge in [-0.15, -0.1) is 0 Å². The highest BCUT2D eigenvalue weighted by Crippen LogP contribution is 2.16. The first-order chi connectivity index (χ1) is 20.8. The predicted octanol–water partition coefficient (Wildman–Crippen LogP) is 13.5. The lowest BCUT2D eigenvalue weighted by molar-refractivity contribution is -0.704. The maximum Gasteiger partial charge on any atom is 0.256 e. The summed E-state index contributed by atoms with van der Waals surface area (Å²) < 4.78 is 5.24. The second-order valence-corrected chi connectivity index (χ2v) is 13.8. The van der Waals surface area contributed by atoms with Crippen molar-refractivity contribution in [1.29, 1.82) is 0 Å². The van der Waals surface area contributed by atoms with Crippen LogP contribution in [0.2, 0.25) is 0 Å². The van der Waals surface area contributed by atoms with E-state index in [0.717, 1.165) is 0 Å². The van der Waals surface area contributed by atoms with Crippen molar-refractivity contribution >= 4 is 0 Å². The van der Waals surface area contributed by atoms with E-state index in [1.54, 1.807) is 5.82 Å². The second kappa shape index (κ2) is 31.6. The van der Waals surface area contributed by atoms with Crippen LogP contribution in [0.25, 0.3) is 0 Å². The molecule has 2 nitrogen and oxygen atoms in total. The van der Waals surface area contributed by atoms with Crippen molar-refractivity contribution in [1.82, 2.24) is 4.57 Å². The third-order valence-corrected chi connectivity index (χ3v) is 9.60. The molecule has 0 saturated heterocycles. The quantitative estimate of drug-likeness (QED) is 0.0560. The Labute approximate surface area is 266 Å². The van der Waals surface area contributed by atoms with Gasteiger partial charge in [-0.25, -0.2) is 9.13 Å². The summed E-state index contributed by atoms with van der Waals surface area (Å²) in [5, 5.41) is 0. The predicted molar refractivity (Wildman–Crippen MR) is 188 cm³/mol. The number of rotatable bonds is 34. The van der Waals surface area contributed by atoms with E-state index in [2.05, 4.69) is 42.3 Å². The van der Waals surface area contributed by atoms with E-state index >= 15 is 0 Å². The minimum absolute atomic E-state index is 1.22. The van der Waals surface area contributed by atoms with E-state index in [9.17, 15) is 0 Å². The molecule has 42 heavy (non-hydrogen) atoms. The Balaban J connectivity index is 2.17. The lowest BCUT2D eigenvalue weighted by atomic mass is 10.0. The largest absolute Gasteiger partial charge is 0.256 e. The zero-order valence-electron chi connectivity index (χ0n) is 29.6. The highest BCUT2D eigenvalue weighted by molar-refractivity contribution is 4.84. The molecule has 0 bridgehead atoms. The molecule has 0 amide bonds. The van der Waals surface area contributed by atoms with Crippen LogP contribution < -0.4 is 4.57 Å². The fourth-order valence-corrected chi connectivity index (χ4v) is 6.68. The van der Waals surface area contributed by atoms with Gasteiger partial charge in [0.15, 0.2) is 0 Å². The van der Waals surface area contributed by atoms with Gasteiger partial charge in [0.2, 0.25) is 0 Å². The van der Waals surface area contributed by atoms with Crippen LogP contribution in [-0.4, -0.2) is 4.57 Å². The molecule has 1 aromatic heterocycles. The third-order valence-electron chi connectivity index (χ3n) is 9.60. The average molecular weight is 588 g/mol. The zero-order valence-corrected chi connectivity index (χ0v) is 29.6. The summed E-state index contributed by atoms with van der Waals surface area (Å²) in [6.07, 6.45) is 50.4. The number of nitrogens with zero attached hydrogens (tertiary/aromatic N) is 2. The van der Waals surface area contributed by atoms with Gasteiger partial charge in [-0.1, -0.05) is 188 Å². The third kappa shape index (κ3) is 23.6. The lowest BCUT2D eigenvalue weighted by Crippen LogP contribution is -2.37. The molecule has 0 fully saturated rings. The molecule has 1 rings (SSSR count). The van der Waals surface area contributed by atoms with E-state index < -0.39 is 0 Å². The van der Waals surface area contributed by atoms with Gasteiger partial charge in [-0.3, -0.25) is 0 Å². The molecule has 0 N–H and O–H groups in total. The number of aryl methyl sites for hydroxylation is 2. The van der Waals surface area contributed by atoms with Gasteiger partial charge in [0.25, 0.3) is 5.82 Å². The highest BCUT2D eigenvalue weighted by Gasteiger charge is 2.16. The standard InChI is InChI=1S/C40H79N2/c1-4-7-10-13-15-17-18-19-20-21-22-23-24-25-27-29-32-35-40-41(36-33-30-12-9-6-3)38-39-42(40)37-34-31-28-26-16-14-11-8-5-2/h38-39H,4-37H2,1-3H3/q+1. The number of hydrogen-bond donors (Lipinski definition) is 0. The molecule has 2 heteroatoms. The molecule has 0 radical (unpaired) electrons. The Morgan fingerprint density at radius 3 is 1.14 bits per heavy atom. The number of imidazole rings is 1. The summed E-state index contributed by atoms with van der Waals surface area (Å²) in [6.45, 7) is 9.39. The van der Waals surface area contributed by atoms with Crippen LogP contribution in [0, 0.1) is 0 Å². The molecule has 0 atom stereocenters. The van der Waals surface area contributed by atoms with Crippen molar-refractivity contribution in [3.8, 4) is 0 Å². The summed E-state index contributed by atoms with van der Waals surface area (Å²) in [5.41, 5.74) is 0. The lowest BCUT2D eigenvalue weighted by Gasteiger charge is -2.07. The van der Waals surface area contributed by atoms with Crippen molar-refractivity contribution in [2.24, 2.45) is 0 Å². The van der Waals surface area contributed by atoms with Crippen LogP contribution >= 0.6 is 0 Å². The van der Waals surface area contributed by atoms with Gasteiger partial charge < -0.3 is 0 Å². The second-order valence-electron chi connectivity index (χ2n) is 13.8. The first-order valence-electron chi connectivity index (χ1n) is 19.9. The maximum absolute atomic E-state index is 2.62. The van der Waals surface area contributed by atoms with Gasteiger partial charge in [-0.05, 0) is 32.1 Å². The summed E-state index contributed by atoms with van der Waals surface area (Å²) >= 11 is 0. The normalized spacial score (nSPS) is 11.6. The van der Waals surface area contributed by atoms with Gasteiger partial charge in [0.05, 0.1) is 13.1 Å². The SMILES string of the molecule is CCCCCCCCCCCCCCCCCCCc1n(CCCCCCCCCCC)cc[n+]1CCCCCCC. The molecular weight excluding hydrogens is 508 g/mol. The van der Waals surface area contributed by atoms with Gasteiger partial charge in [0, 0.05) is 6.42 Å². The van der Waals surface area contributed by atoms with Gasteiger partial charge in [-0.2, -0.15) is 0 Å². The molecule has 1 heterocycles. The monoisotopic (exact) mass is 588 g/mol. The number of unbranched alkanes of at least 4 members (excludes halogenated alkanes) is 28. The summed E-state index contributed by atoms with van der Waals surface area (Å²) in [6, 6.07) is 0. The minimum Gasteiger partial charge on any atom is -0.234 e. The molecule has 0 aromatic carbocycles. The van der Waals surface area contributed by atoms with E-state index in [1.165, 1.54) is 219 Å². The molecule has 1 aromatic rings. The topological polar surface area (TPSA) is 8.81 Å². The minimum atomic E-state index is 1.22. The molecule has 0 unspecified atom stereocenters. The van der Waals surface area contributed by atoms with Crippen LogP contribution in [0.4, 0.5) is 0 Å². The Bertz CT molecular complexity index is 648. The van der Waals surface area contributed by atoms with E-state index in [-0.39, 0.29) is 0 Å². The van der Waals surface area contributed by atoms with Crippen molar-refractivity contribution in [3.05, 3.63) is 18.2 Å². The Kier molecular flexibility index (Phi) is 29.5. The fourth-order valence-electron chi connectivity index (χ4n) is 6.68. The van der Waals surface area contributed by atoms with Crippen LogP contribution in [0.15, 0.2) is 12.4 Å². The van der Waals surface area contributed by atoms with Crippen molar-refractivity contribution in [2.45, 2.75) is 239 Å². The van der Waals surface area contributed by atoms with Crippen molar-refractivity contribution < 1.29 is 4.57 Å². The van der Waals surface area contributed by atoms with Gasteiger partial charge in [0.1, 0.15) is 12.4 Å². The highest BCUT2D eigenvalue weighted by atomic mass is 15.1. The van der Waals surface area contributed by atoms with E-state index in [4.69, 9.17) is 0 Å². The Morgan fingerprint density at radius 1 is 0.405 bits per heavy atom. The number of aromatic nitrogens is 2. The molecule has 0 aliphatic carbocycles. The molecule has 248 valence electrons.